The Kier molecular flexibility index (Phi) is 5.74. The van der Waals surface area contributed by atoms with Gasteiger partial charge in [-0.2, -0.15) is 5.26 Å². The van der Waals surface area contributed by atoms with Gasteiger partial charge in [-0.05, 0) is 18.6 Å². The number of halogens is 1. The summed E-state index contributed by atoms with van der Waals surface area (Å²) in [6, 6.07) is 7.97. The molecule has 2 saturated heterocycles. The fourth-order valence-electron chi connectivity index (χ4n) is 3.36. The molecule has 0 bridgehead atoms. The summed E-state index contributed by atoms with van der Waals surface area (Å²) in [6.07, 6.45) is 1.08. The number of morpholine rings is 1. The largest absolute Gasteiger partial charge is 0.381 e. The topological polar surface area (TPSA) is 57.5 Å². The molecule has 2 aliphatic heterocycles. The van der Waals surface area contributed by atoms with E-state index in [1.54, 1.807) is 12.1 Å². The van der Waals surface area contributed by atoms with Crippen molar-refractivity contribution in [2.75, 3.05) is 51.4 Å². The van der Waals surface area contributed by atoms with Gasteiger partial charge in [0.05, 0.1) is 36.1 Å². The molecule has 5 nitrogen and oxygen atoms in total. The molecule has 0 saturated carbocycles. The van der Waals surface area contributed by atoms with Crippen molar-refractivity contribution in [2.24, 2.45) is 5.92 Å². The van der Waals surface area contributed by atoms with Gasteiger partial charge in [-0.25, -0.2) is 0 Å². The van der Waals surface area contributed by atoms with Crippen LogP contribution in [0.4, 0.5) is 5.69 Å². The average Bonchev–Trinajstić information content (AvgIpc) is 3.11. The van der Waals surface area contributed by atoms with Crippen LogP contribution in [0.3, 0.4) is 0 Å². The van der Waals surface area contributed by atoms with Gasteiger partial charge in [0.1, 0.15) is 6.07 Å². The van der Waals surface area contributed by atoms with Gasteiger partial charge in [-0.1, -0.05) is 17.7 Å². The SMILES string of the molecule is N#Cc1cccc(Cl)c1NC[C@@H]([C@H]1CCOC1)N1CCOCC1. The second kappa shape index (κ2) is 7.98. The van der Waals surface area contributed by atoms with Crippen molar-refractivity contribution in [1.29, 1.82) is 5.26 Å². The Morgan fingerprint density at radius 2 is 2.13 bits per heavy atom. The molecule has 1 aromatic rings. The van der Waals surface area contributed by atoms with Gasteiger partial charge in [0, 0.05) is 38.2 Å². The summed E-state index contributed by atoms with van der Waals surface area (Å²) in [6.45, 7) is 5.83. The molecule has 1 N–H and O–H groups in total. The van der Waals surface area contributed by atoms with Crippen LogP contribution in [-0.4, -0.2) is 57.0 Å². The molecule has 2 heterocycles. The third kappa shape index (κ3) is 3.96. The minimum absolute atomic E-state index is 0.365. The van der Waals surface area contributed by atoms with Crippen LogP contribution in [0.25, 0.3) is 0 Å². The van der Waals surface area contributed by atoms with Crippen LogP contribution in [0.15, 0.2) is 18.2 Å². The Balaban J connectivity index is 1.72. The summed E-state index contributed by atoms with van der Waals surface area (Å²) >= 11 is 6.27. The molecule has 23 heavy (non-hydrogen) atoms. The summed E-state index contributed by atoms with van der Waals surface area (Å²) in [5.74, 6) is 0.508. The van der Waals surface area contributed by atoms with E-state index in [2.05, 4.69) is 16.3 Å². The second-order valence-electron chi connectivity index (χ2n) is 5.99. The van der Waals surface area contributed by atoms with E-state index >= 15 is 0 Å². The highest BCUT2D eigenvalue weighted by Gasteiger charge is 2.31. The van der Waals surface area contributed by atoms with Crippen LogP contribution in [0.5, 0.6) is 0 Å². The van der Waals surface area contributed by atoms with E-state index in [0.29, 0.717) is 22.5 Å². The van der Waals surface area contributed by atoms with E-state index in [-0.39, 0.29) is 0 Å². The van der Waals surface area contributed by atoms with Crippen LogP contribution in [-0.2, 0) is 9.47 Å². The summed E-state index contributed by atoms with van der Waals surface area (Å²) in [4.78, 5) is 2.47. The molecule has 2 fully saturated rings. The Hall–Kier alpha value is -1.32. The Morgan fingerprint density at radius 1 is 1.30 bits per heavy atom. The average molecular weight is 336 g/mol. The molecule has 0 spiro atoms. The van der Waals surface area contributed by atoms with Crippen LogP contribution in [0.1, 0.15) is 12.0 Å². The van der Waals surface area contributed by atoms with Gasteiger partial charge in [0.25, 0.3) is 0 Å². The van der Waals surface area contributed by atoms with Crippen molar-refractivity contribution in [1.82, 2.24) is 4.90 Å². The molecule has 0 unspecified atom stereocenters. The van der Waals surface area contributed by atoms with Gasteiger partial charge in [-0.3, -0.25) is 4.90 Å². The third-order valence-electron chi connectivity index (χ3n) is 4.65. The number of ether oxygens (including phenoxy) is 2. The van der Waals surface area contributed by atoms with E-state index in [1.807, 2.05) is 6.07 Å². The number of para-hydroxylation sites is 1. The first kappa shape index (κ1) is 16.5. The predicted octanol–water partition coefficient (Wildman–Crippen LogP) is 2.36. The fourth-order valence-corrected chi connectivity index (χ4v) is 3.60. The number of benzene rings is 1. The maximum absolute atomic E-state index is 9.27. The Labute approximate surface area is 142 Å². The van der Waals surface area contributed by atoms with Crippen molar-refractivity contribution in [3.63, 3.8) is 0 Å². The van der Waals surface area contributed by atoms with Gasteiger partial charge >= 0.3 is 0 Å². The highest BCUT2D eigenvalue weighted by Crippen LogP contribution is 2.27. The quantitative estimate of drug-likeness (QED) is 0.895. The van der Waals surface area contributed by atoms with Crippen molar-refractivity contribution < 1.29 is 9.47 Å². The molecule has 0 amide bonds. The summed E-state index contributed by atoms with van der Waals surface area (Å²) in [7, 11) is 0. The highest BCUT2D eigenvalue weighted by atomic mass is 35.5. The van der Waals surface area contributed by atoms with Crippen LogP contribution >= 0.6 is 11.6 Å². The van der Waals surface area contributed by atoms with Gasteiger partial charge < -0.3 is 14.8 Å². The van der Waals surface area contributed by atoms with Gasteiger partial charge in [0.15, 0.2) is 0 Å². The lowest BCUT2D eigenvalue weighted by Crippen LogP contribution is -2.50. The number of rotatable bonds is 5. The van der Waals surface area contributed by atoms with Crippen LogP contribution < -0.4 is 5.32 Å². The van der Waals surface area contributed by atoms with E-state index in [9.17, 15) is 5.26 Å². The predicted molar refractivity (Wildman–Crippen MR) is 89.8 cm³/mol. The maximum atomic E-state index is 9.27. The minimum Gasteiger partial charge on any atom is -0.381 e. The maximum Gasteiger partial charge on any atom is 0.101 e. The monoisotopic (exact) mass is 335 g/mol. The van der Waals surface area contributed by atoms with Gasteiger partial charge in [0.2, 0.25) is 0 Å². The highest BCUT2D eigenvalue weighted by molar-refractivity contribution is 6.33. The lowest BCUT2D eigenvalue weighted by Gasteiger charge is -2.37. The van der Waals surface area contributed by atoms with E-state index in [0.717, 1.165) is 58.2 Å². The lowest BCUT2D eigenvalue weighted by molar-refractivity contribution is 0.00461. The zero-order valence-electron chi connectivity index (χ0n) is 13.1. The van der Waals surface area contributed by atoms with E-state index in [4.69, 9.17) is 21.1 Å². The Morgan fingerprint density at radius 3 is 2.83 bits per heavy atom. The molecule has 0 radical (unpaired) electrons. The van der Waals surface area contributed by atoms with Crippen molar-refractivity contribution in [2.45, 2.75) is 12.5 Å². The van der Waals surface area contributed by atoms with Crippen LogP contribution in [0, 0.1) is 17.2 Å². The molecule has 3 rings (SSSR count). The molecule has 0 aliphatic carbocycles. The number of hydrogen-bond acceptors (Lipinski definition) is 5. The number of hydrogen-bond donors (Lipinski definition) is 1. The first-order chi connectivity index (χ1) is 11.3. The Bertz CT molecular complexity index is 563. The van der Waals surface area contributed by atoms with Crippen LogP contribution in [0.2, 0.25) is 5.02 Å². The zero-order valence-corrected chi connectivity index (χ0v) is 13.9. The smallest absolute Gasteiger partial charge is 0.101 e. The number of nitrogens with zero attached hydrogens (tertiary/aromatic N) is 2. The minimum atomic E-state index is 0.365. The fraction of sp³-hybridized carbons (Fsp3) is 0.588. The van der Waals surface area contributed by atoms with Gasteiger partial charge in [-0.15, -0.1) is 0 Å². The summed E-state index contributed by atoms with van der Waals surface area (Å²) in [5.41, 5.74) is 1.31. The van der Waals surface area contributed by atoms with Crippen molar-refractivity contribution >= 4 is 17.3 Å². The molecular weight excluding hydrogens is 314 g/mol. The van der Waals surface area contributed by atoms with Crippen molar-refractivity contribution in [3.05, 3.63) is 28.8 Å². The number of anilines is 1. The summed E-state index contributed by atoms with van der Waals surface area (Å²) in [5, 5.41) is 13.3. The summed E-state index contributed by atoms with van der Waals surface area (Å²) < 4.78 is 11.1. The second-order valence-corrected chi connectivity index (χ2v) is 6.40. The molecule has 0 aromatic heterocycles. The lowest BCUT2D eigenvalue weighted by atomic mass is 9.96. The normalized spacial score (nSPS) is 23.4. The molecule has 2 aliphatic rings. The molecule has 1 aromatic carbocycles. The first-order valence-corrected chi connectivity index (χ1v) is 8.49. The van der Waals surface area contributed by atoms with Crippen molar-refractivity contribution in [3.8, 4) is 6.07 Å². The number of nitriles is 1. The first-order valence-electron chi connectivity index (χ1n) is 8.11. The standard InChI is InChI=1S/C17H22ClN3O2/c18-15-3-1-2-13(10-19)17(15)20-11-16(14-4-7-23-12-14)21-5-8-22-9-6-21/h1-3,14,16,20H,4-9,11-12H2/t14-,16-/m0/s1. The molecular formula is C17H22ClN3O2. The number of nitrogens with one attached hydrogen (secondary N) is 1. The molecule has 124 valence electrons. The van der Waals surface area contributed by atoms with E-state index < -0.39 is 0 Å². The van der Waals surface area contributed by atoms with E-state index in [1.165, 1.54) is 0 Å². The third-order valence-corrected chi connectivity index (χ3v) is 4.96. The zero-order chi connectivity index (χ0) is 16.1. The molecule has 2 atom stereocenters. The molecule has 6 heteroatoms.